The number of carbonyl (C=O) groups is 3. The third-order valence-corrected chi connectivity index (χ3v) is 7.57. The second-order valence-electron chi connectivity index (χ2n) is 9.18. The summed E-state index contributed by atoms with van der Waals surface area (Å²) >= 11 is 0. The number of hydrogen-bond acceptors (Lipinski definition) is 6. The summed E-state index contributed by atoms with van der Waals surface area (Å²) in [6.07, 6.45) is 10.1. The standard InChI is InChI=1S/C24H34N2O6/c1-4-7-12-25-13-8-11-24-17(18-22(30)31-14-9-10-23(18,6-3)32-24)20(28)26(16(5-2)15-27)19(24)21(25)29/h8-11,16-19,27H,4-7,12-15H2,1-3H3/t16-,17-,18+,19?,23-,24-/m0/s1. The van der Waals surface area contributed by atoms with Gasteiger partial charge in [-0.2, -0.15) is 0 Å². The molecule has 4 aliphatic rings. The highest BCUT2D eigenvalue weighted by Gasteiger charge is 2.75. The number of unbranched alkanes of at least 4 members (excludes halogenated alkanes) is 1. The molecule has 4 heterocycles. The van der Waals surface area contributed by atoms with Gasteiger partial charge in [-0.3, -0.25) is 14.4 Å². The Labute approximate surface area is 189 Å². The largest absolute Gasteiger partial charge is 0.461 e. The SMILES string of the molecule is CCCCN1CC=C[C@]23O[C@@]4(CC)C=CCOC(=O)[C@H]4[C@H]2C(=O)N([C@@H](CC)CO)C3C1=O. The van der Waals surface area contributed by atoms with Crippen LogP contribution in [0.25, 0.3) is 0 Å². The maximum atomic E-state index is 14.0. The number of aliphatic hydroxyl groups is 1. The molecule has 1 N–H and O–H groups in total. The number of likely N-dealkylation sites (tertiary alicyclic amines) is 1. The summed E-state index contributed by atoms with van der Waals surface area (Å²) in [6, 6.07) is -1.46. The summed E-state index contributed by atoms with van der Waals surface area (Å²) < 4.78 is 12.2. The van der Waals surface area contributed by atoms with Crippen molar-refractivity contribution in [2.24, 2.45) is 11.8 Å². The van der Waals surface area contributed by atoms with Crippen LogP contribution in [0.3, 0.4) is 0 Å². The summed E-state index contributed by atoms with van der Waals surface area (Å²) in [5.41, 5.74) is -2.29. The lowest BCUT2D eigenvalue weighted by molar-refractivity contribution is -0.161. The molecule has 8 nitrogen and oxygen atoms in total. The Morgan fingerprint density at radius 2 is 1.91 bits per heavy atom. The van der Waals surface area contributed by atoms with Crippen molar-refractivity contribution in [3.63, 3.8) is 0 Å². The third-order valence-electron chi connectivity index (χ3n) is 7.57. The van der Waals surface area contributed by atoms with Crippen LogP contribution in [-0.2, 0) is 23.9 Å². The van der Waals surface area contributed by atoms with E-state index in [0.717, 1.165) is 12.8 Å². The van der Waals surface area contributed by atoms with Gasteiger partial charge in [-0.1, -0.05) is 45.4 Å². The first-order chi connectivity index (χ1) is 15.4. The molecule has 6 atom stereocenters. The van der Waals surface area contributed by atoms with Crippen molar-refractivity contribution in [1.82, 2.24) is 9.80 Å². The predicted octanol–water partition coefficient (Wildman–Crippen LogP) is 1.43. The molecule has 4 aliphatic heterocycles. The van der Waals surface area contributed by atoms with Crippen LogP contribution in [0.2, 0.25) is 0 Å². The van der Waals surface area contributed by atoms with Gasteiger partial charge in [-0.05, 0) is 25.3 Å². The molecule has 176 valence electrons. The highest BCUT2D eigenvalue weighted by Crippen LogP contribution is 2.58. The average Bonchev–Trinajstić information content (AvgIpc) is 3.07. The minimum absolute atomic E-state index is 0.134. The van der Waals surface area contributed by atoms with E-state index < -0.39 is 41.1 Å². The van der Waals surface area contributed by atoms with E-state index in [2.05, 4.69) is 6.92 Å². The molecule has 0 aromatic heterocycles. The Balaban J connectivity index is 1.88. The number of ether oxygens (including phenoxy) is 2. The lowest BCUT2D eigenvalue weighted by Crippen LogP contribution is -2.58. The second kappa shape index (κ2) is 8.63. The van der Waals surface area contributed by atoms with Crippen molar-refractivity contribution in [3.05, 3.63) is 24.3 Å². The molecule has 2 fully saturated rings. The van der Waals surface area contributed by atoms with Gasteiger partial charge in [0.15, 0.2) is 0 Å². The third kappa shape index (κ3) is 3.14. The minimum atomic E-state index is -1.28. The topological polar surface area (TPSA) is 96.4 Å². The van der Waals surface area contributed by atoms with Crippen molar-refractivity contribution in [2.75, 3.05) is 26.3 Å². The molecule has 0 aliphatic carbocycles. The predicted molar refractivity (Wildman–Crippen MR) is 116 cm³/mol. The van der Waals surface area contributed by atoms with Crippen LogP contribution in [-0.4, -0.2) is 82.3 Å². The van der Waals surface area contributed by atoms with E-state index in [0.29, 0.717) is 25.9 Å². The van der Waals surface area contributed by atoms with E-state index in [-0.39, 0.29) is 25.0 Å². The molecule has 2 saturated heterocycles. The minimum Gasteiger partial charge on any atom is -0.461 e. The van der Waals surface area contributed by atoms with Crippen molar-refractivity contribution in [1.29, 1.82) is 0 Å². The first kappa shape index (κ1) is 23.0. The Morgan fingerprint density at radius 3 is 2.56 bits per heavy atom. The summed E-state index contributed by atoms with van der Waals surface area (Å²) in [7, 11) is 0. The summed E-state index contributed by atoms with van der Waals surface area (Å²) in [5.74, 6) is -2.71. The van der Waals surface area contributed by atoms with E-state index in [9.17, 15) is 19.5 Å². The Bertz CT molecular complexity index is 836. The Hall–Kier alpha value is -2.19. The molecular formula is C24H34N2O6. The molecular weight excluding hydrogens is 412 g/mol. The zero-order chi connectivity index (χ0) is 23.1. The second-order valence-corrected chi connectivity index (χ2v) is 9.18. The number of cyclic esters (lactones) is 1. The molecule has 1 spiro atoms. The Kier molecular flexibility index (Phi) is 6.20. The number of hydrogen-bond donors (Lipinski definition) is 1. The lowest BCUT2D eigenvalue weighted by Gasteiger charge is -2.40. The number of carbonyl (C=O) groups excluding carboxylic acids is 3. The first-order valence-electron chi connectivity index (χ1n) is 11.8. The molecule has 0 aromatic carbocycles. The molecule has 1 unspecified atom stereocenters. The van der Waals surface area contributed by atoms with Crippen LogP contribution in [0, 0.1) is 11.8 Å². The van der Waals surface area contributed by atoms with Gasteiger partial charge in [0.25, 0.3) is 0 Å². The van der Waals surface area contributed by atoms with Crippen molar-refractivity contribution >= 4 is 17.8 Å². The van der Waals surface area contributed by atoms with Gasteiger partial charge in [0.05, 0.1) is 18.6 Å². The summed E-state index contributed by atoms with van der Waals surface area (Å²) in [4.78, 5) is 44.3. The molecule has 0 aromatic rings. The van der Waals surface area contributed by atoms with E-state index in [4.69, 9.17) is 9.47 Å². The zero-order valence-corrected chi connectivity index (χ0v) is 19.2. The van der Waals surface area contributed by atoms with Gasteiger partial charge in [-0.15, -0.1) is 0 Å². The van der Waals surface area contributed by atoms with Crippen LogP contribution in [0.1, 0.15) is 46.5 Å². The highest BCUT2D eigenvalue weighted by atomic mass is 16.6. The van der Waals surface area contributed by atoms with Gasteiger partial charge in [0.1, 0.15) is 29.8 Å². The fourth-order valence-electron chi connectivity index (χ4n) is 5.94. The molecule has 2 amide bonds. The summed E-state index contributed by atoms with van der Waals surface area (Å²) in [6.45, 7) is 6.74. The summed E-state index contributed by atoms with van der Waals surface area (Å²) in [5, 5.41) is 10.1. The average molecular weight is 447 g/mol. The molecule has 8 heteroatoms. The maximum absolute atomic E-state index is 14.0. The number of aliphatic hydroxyl groups excluding tert-OH is 1. The lowest BCUT2D eigenvalue weighted by atomic mass is 9.73. The zero-order valence-electron chi connectivity index (χ0n) is 19.2. The fourth-order valence-corrected chi connectivity index (χ4v) is 5.94. The molecule has 0 bridgehead atoms. The van der Waals surface area contributed by atoms with E-state index in [1.165, 1.54) is 4.90 Å². The quantitative estimate of drug-likeness (QED) is 0.470. The van der Waals surface area contributed by atoms with Crippen LogP contribution < -0.4 is 0 Å². The van der Waals surface area contributed by atoms with Crippen LogP contribution in [0.5, 0.6) is 0 Å². The normalized spacial score (nSPS) is 37.0. The van der Waals surface area contributed by atoms with Crippen LogP contribution in [0.4, 0.5) is 0 Å². The number of nitrogens with zero attached hydrogens (tertiary/aromatic N) is 2. The van der Waals surface area contributed by atoms with Gasteiger partial charge in [0, 0.05) is 13.1 Å². The molecule has 32 heavy (non-hydrogen) atoms. The monoisotopic (exact) mass is 446 g/mol. The number of rotatable bonds is 7. The number of fused-ring (bicyclic) bond motifs is 2. The van der Waals surface area contributed by atoms with Crippen molar-refractivity contribution in [2.45, 2.75) is 69.7 Å². The Morgan fingerprint density at radius 1 is 1.12 bits per heavy atom. The van der Waals surface area contributed by atoms with Crippen LogP contribution in [0.15, 0.2) is 24.3 Å². The molecule has 0 radical (unpaired) electrons. The molecule has 4 rings (SSSR count). The molecule has 0 saturated carbocycles. The maximum Gasteiger partial charge on any atom is 0.313 e. The van der Waals surface area contributed by atoms with Gasteiger partial charge in [0.2, 0.25) is 11.8 Å². The van der Waals surface area contributed by atoms with E-state index in [1.807, 2.05) is 32.1 Å². The highest BCUT2D eigenvalue weighted by molar-refractivity contribution is 5.99. The first-order valence-corrected chi connectivity index (χ1v) is 11.8. The fraction of sp³-hybridized carbons (Fsp3) is 0.708. The number of esters is 1. The van der Waals surface area contributed by atoms with E-state index >= 15 is 0 Å². The van der Waals surface area contributed by atoms with E-state index in [1.54, 1.807) is 11.0 Å². The smallest absolute Gasteiger partial charge is 0.313 e. The van der Waals surface area contributed by atoms with Crippen LogP contribution >= 0.6 is 0 Å². The van der Waals surface area contributed by atoms with Crippen molar-refractivity contribution < 1.29 is 29.0 Å². The number of amides is 2. The van der Waals surface area contributed by atoms with Gasteiger partial charge < -0.3 is 24.4 Å². The van der Waals surface area contributed by atoms with Gasteiger partial charge in [-0.25, -0.2) is 0 Å². The van der Waals surface area contributed by atoms with Crippen molar-refractivity contribution in [3.8, 4) is 0 Å². The van der Waals surface area contributed by atoms with Gasteiger partial charge >= 0.3 is 5.97 Å².